The molecule has 3 nitrogen and oxygen atoms in total. The summed E-state index contributed by atoms with van der Waals surface area (Å²) in [7, 11) is 0. The molecule has 1 saturated carbocycles. The van der Waals surface area contributed by atoms with E-state index in [0.717, 1.165) is 53.7 Å². The molecule has 1 aliphatic carbocycles. The highest BCUT2D eigenvalue weighted by Crippen LogP contribution is 2.30. The Labute approximate surface area is 151 Å². The average Bonchev–Trinajstić information content (AvgIpc) is 3.35. The number of hydrogen-bond acceptors (Lipinski definition) is 3. The van der Waals surface area contributed by atoms with E-state index in [1.54, 1.807) is 12.1 Å². The summed E-state index contributed by atoms with van der Waals surface area (Å²) in [6.07, 6.45) is 4.82. The van der Waals surface area contributed by atoms with Crippen molar-refractivity contribution in [3.63, 3.8) is 0 Å². The number of nitrogens with one attached hydrogen (secondary N) is 1. The van der Waals surface area contributed by atoms with Crippen molar-refractivity contribution >= 4 is 17.2 Å². The van der Waals surface area contributed by atoms with Gasteiger partial charge in [-0.25, -0.2) is 4.39 Å². The molecule has 132 valence electrons. The molecule has 1 amide bonds. The number of carbonyl (C=O) groups is 1. The number of amides is 1. The first-order chi connectivity index (χ1) is 12.2. The van der Waals surface area contributed by atoms with Crippen molar-refractivity contribution in [2.75, 3.05) is 19.6 Å². The van der Waals surface area contributed by atoms with Crippen molar-refractivity contribution in [1.82, 2.24) is 10.2 Å². The zero-order valence-corrected chi connectivity index (χ0v) is 15.0. The van der Waals surface area contributed by atoms with Gasteiger partial charge in [-0.3, -0.25) is 4.79 Å². The SMILES string of the molecule is O=C(c1ccc(-c2ccc(F)cc2)s1)N1CCC(NCC2CC2)CC1. The second kappa shape index (κ2) is 7.26. The van der Waals surface area contributed by atoms with Crippen LogP contribution < -0.4 is 5.32 Å². The molecule has 2 aliphatic rings. The third-order valence-corrected chi connectivity index (χ3v) is 6.24. The third kappa shape index (κ3) is 4.10. The van der Waals surface area contributed by atoms with Gasteiger partial charge in [-0.2, -0.15) is 0 Å². The van der Waals surface area contributed by atoms with Gasteiger partial charge in [0.15, 0.2) is 0 Å². The van der Waals surface area contributed by atoms with Gasteiger partial charge in [-0.15, -0.1) is 11.3 Å². The number of likely N-dealkylation sites (tertiary alicyclic amines) is 1. The number of halogens is 1. The average molecular weight is 358 g/mol. The summed E-state index contributed by atoms with van der Waals surface area (Å²) < 4.78 is 13.1. The number of piperidine rings is 1. The normalized spacial score (nSPS) is 18.5. The second-order valence-corrected chi connectivity index (χ2v) is 8.17. The van der Waals surface area contributed by atoms with Gasteiger partial charge < -0.3 is 10.2 Å². The molecule has 0 atom stereocenters. The van der Waals surface area contributed by atoms with Crippen LogP contribution in [0.1, 0.15) is 35.4 Å². The zero-order chi connectivity index (χ0) is 17.2. The molecule has 0 bridgehead atoms. The fourth-order valence-corrected chi connectivity index (χ4v) is 4.30. The highest BCUT2D eigenvalue weighted by Gasteiger charge is 2.26. The summed E-state index contributed by atoms with van der Waals surface area (Å²) >= 11 is 1.49. The van der Waals surface area contributed by atoms with E-state index in [0.29, 0.717) is 6.04 Å². The highest BCUT2D eigenvalue weighted by atomic mass is 32.1. The summed E-state index contributed by atoms with van der Waals surface area (Å²) in [5.74, 6) is 0.782. The van der Waals surface area contributed by atoms with Gasteiger partial charge >= 0.3 is 0 Å². The Morgan fingerprint density at radius 2 is 1.80 bits per heavy atom. The fourth-order valence-electron chi connectivity index (χ4n) is 3.32. The van der Waals surface area contributed by atoms with Crippen LogP contribution in [0.2, 0.25) is 0 Å². The molecule has 2 heterocycles. The highest BCUT2D eigenvalue weighted by molar-refractivity contribution is 7.17. The summed E-state index contributed by atoms with van der Waals surface area (Å²) in [4.78, 5) is 16.5. The van der Waals surface area contributed by atoms with Crippen LogP contribution in [-0.2, 0) is 0 Å². The van der Waals surface area contributed by atoms with Crippen molar-refractivity contribution in [2.45, 2.75) is 31.7 Å². The van der Waals surface area contributed by atoms with Crippen LogP contribution in [-0.4, -0.2) is 36.5 Å². The van der Waals surface area contributed by atoms with E-state index in [9.17, 15) is 9.18 Å². The fraction of sp³-hybridized carbons (Fsp3) is 0.450. The number of benzene rings is 1. The Balaban J connectivity index is 1.34. The zero-order valence-electron chi connectivity index (χ0n) is 14.2. The van der Waals surface area contributed by atoms with Crippen molar-refractivity contribution in [3.05, 3.63) is 47.1 Å². The van der Waals surface area contributed by atoms with Crippen LogP contribution in [0.4, 0.5) is 4.39 Å². The monoisotopic (exact) mass is 358 g/mol. The maximum Gasteiger partial charge on any atom is 0.263 e. The number of rotatable bonds is 5. The van der Waals surface area contributed by atoms with Crippen LogP contribution >= 0.6 is 11.3 Å². The number of hydrogen-bond donors (Lipinski definition) is 1. The predicted molar refractivity (Wildman–Crippen MR) is 99.4 cm³/mol. The van der Waals surface area contributed by atoms with E-state index in [1.165, 1.54) is 36.3 Å². The Bertz CT molecular complexity index is 730. The molecule has 2 fully saturated rings. The Morgan fingerprint density at radius 1 is 1.08 bits per heavy atom. The van der Waals surface area contributed by atoms with E-state index in [1.807, 2.05) is 17.0 Å². The minimum Gasteiger partial charge on any atom is -0.338 e. The van der Waals surface area contributed by atoms with E-state index in [2.05, 4.69) is 5.32 Å². The minimum atomic E-state index is -0.241. The van der Waals surface area contributed by atoms with E-state index >= 15 is 0 Å². The largest absolute Gasteiger partial charge is 0.338 e. The molecule has 1 saturated heterocycles. The molecule has 1 aromatic heterocycles. The first-order valence-corrected chi connectivity index (χ1v) is 9.89. The Hall–Kier alpha value is -1.72. The van der Waals surface area contributed by atoms with Gasteiger partial charge in [-0.05, 0) is 68.0 Å². The number of nitrogens with zero attached hydrogens (tertiary/aromatic N) is 1. The van der Waals surface area contributed by atoms with Crippen LogP contribution in [0.5, 0.6) is 0 Å². The molecular formula is C20H23FN2OS. The lowest BCUT2D eigenvalue weighted by atomic mass is 10.0. The van der Waals surface area contributed by atoms with Crippen molar-refractivity contribution in [3.8, 4) is 10.4 Å². The first kappa shape index (κ1) is 16.7. The molecule has 1 aliphatic heterocycles. The first-order valence-electron chi connectivity index (χ1n) is 9.07. The van der Waals surface area contributed by atoms with Gasteiger partial charge in [0.2, 0.25) is 0 Å². The lowest BCUT2D eigenvalue weighted by Crippen LogP contribution is -2.45. The second-order valence-electron chi connectivity index (χ2n) is 7.09. The molecule has 25 heavy (non-hydrogen) atoms. The number of carbonyl (C=O) groups excluding carboxylic acids is 1. The van der Waals surface area contributed by atoms with Crippen LogP contribution in [0, 0.1) is 11.7 Å². The summed E-state index contributed by atoms with van der Waals surface area (Å²) in [6.45, 7) is 2.79. The van der Waals surface area contributed by atoms with Crippen LogP contribution in [0.25, 0.3) is 10.4 Å². The van der Waals surface area contributed by atoms with Gasteiger partial charge in [-0.1, -0.05) is 12.1 Å². The topological polar surface area (TPSA) is 32.3 Å². The maximum absolute atomic E-state index is 13.1. The van der Waals surface area contributed by atoms with Gasteiger partial charge in [0.25, 0.3) is 5.91 Å². The lowest BCUT2D eigenvalue weighted by Gasteiger charge is -2.32. The molecule has 1 aromatic carbocycles. The molecule has 5 heteroatoms. The molecule has 0 unspecified atom stereocenters. The van der Waals surface area contributed by atoms with Crippen LogP contribution in [0.3, 0.4) is 0 Å². The molecule has 2 aromatic rings. The quantitative estimate of drug-likeness (QED) is 0.870. The molecular weight excluding hydrogens is 335 g/mol. The summed E-state index contributed by atoms with van der Waals surface area (Å²) in [5, 5.41) is 3.65. The Morgan fingerprint density at radius 3 is 2.48 bits per heavy atom. The van der Waals surface area contributed by atoms with E-state index < -0.39 is 0 Å². The molecule has 0 spiro atoms. The predicted octanol–water partition coefficient (Wildman–Crippen LogP) is 4.16. The summed E-state index contributed by atoms with van der Waals surface area (Å²) in [6, 6.07) is 10.8. The Kier molecular flexibility index (Phi) is 4.86. The molecule has 1 N–H and O–H groups in total. The van der Waals surface area contributed by atoms with Crippen molar-refractivity contribution < 1.29 is 9.18 Å². The van der Waals surface area contributed by atoms with Crippen molar-refractivity contribution in [1.29, 1.82) is 0 Å². The van der Waals surface area contributed by atoms with E-state index in [-0.39, 0.29) is 11.7 Å². The van der Waals surface area contributed by atoms with E-state index in [4.69, 9.17) is 0 Å². The lowest BCUT2D eigenvalue weighted by molar-refractivity contribution is 0.0710. The third-order valence-electron chi connectivity index (χ3n) is 5.12. The molecule has 0 radical (unpaired) electrons. The minimum absolute atomic E-state index is 0.124. The van der Waals surface area contributed by atoms with Crippen LogP contribution in [0.15, 0.2) is 36.4 Å². The van der Waals surface area contributed by atoms with Crippen molar-refractivity contribution in [2.24, 2.45) is 5.92 Å². The summed E-state index contributed by atoms with van der Waals surface area (Å²) in [5.41, 5.74) is 0.952. The standard InChI is InChI=1S/C20H23FN2OS/c21-16-5-3-15(4-6-16)18-7-8-19(25-18)20(24)23-11-9-17(10-12-23)22-13-14-1-2-14/h3-8,14,17,22H,1-2,9-13H2. The maximum atomic E-state index is 13.1. The van der Waals surface area contributed by atoms with Gasteiger partial charge in [0.1, 0.15) is 5.82 Å². The van der Waals surface area contributed by atoms with Gasteiger partial charge in [0, 0.05) is 24.0 Å². The molecule has 4 rings (SSSR count). The van der Waals surface area contributed by atoms with Gasteiger partial charge in [0.05, 0.1) is 4.88 Å². The number of thiophene rings is 1. The smallest absolute Gasteiger partial charge is 0.263 e.